The third-order valence-electron chi connectivity index (χ3n) is 3.64. The smallest absolute Gasteiger partial charge is 0.123 e. The normalized spacial score (nSPS) is 18.8. The number of hydrogen-bond donors (Lipinski definition) is 1. The van der Waals surface area contributed by atoms with Gasteiger partial charge in [0.25, 0.3) is 0 Å². The Morgan fingerprint density at radius 2 is 1.95 bits per heavy atom. The van der Waals surface area contributed by atoms with Crippen LogP contribution in [0, 0.1) is 0 Å². The highest BCUT2D eigenvalue weighted by molar-refractivity contribution is 5.67. The lowest BCUT2D eigenvalue weighted by molar-refractivity contribution is 0.254. The minimum atomic E-state index is 0.0673. The van der Waals surface area contributed by atoms with Gasteiger partial charge in [-0.15, -0.1) is 0 Å². The van der Waals surface area contributed by atoms with Gasteiger partial charge in [-0.3, -0.25) is 0 Å². The summed E-state index contributed by atoms with van der Waals surface area (Å²) in [5.74, 6) is 1.03. The predicted octanol–water partition coefficient (Wildman–Crippen LogP) is 3.70. The van der Waals surface area contributed by atoms with Crippen molar-refractivity contribution in [3.05, 3.63) is 53.6 Å². The largest absolute Gasteiger partial charge is 0.490 e. The lowest BCUT2D eigenvalue weighted by atomic mass is 9.98. The summed E-state index contributed by atoms with van der Waals surface area (Å²) in [6.45, 7) is 4.12. The van der Waals surface area contributed by atoms with Crippen LogP contribution < -0.4 is 10.5 Å². The molecule has 0 saturated carbocycles. The van der Waals surface area contributed by atoms with Crippen molar-refractivity contribution in [1.29, 1.82) is 0 Å². The molecule has 0 aliphatic carbocycles. The monoisotopic (exact) mass is 253 g/mol. The van der Waals surface area contributed by atoms with E-state index in [1.165, 1.54) is 22.3 Å². The van der Waals surface area contributed by atoms with Crippen LogP contribution in [0.5, 0.6) is 5.75 Å². The van der Waals surface area contributed by atoms with Crippen LogP contribution in [0.2, 0.25) is 0 Å². The second-order valence-electron chi connectivity index (χ2n) is 5.37. The highest BCUT2D eigenvalue weighted by Gasteiger charge is 2.19. The first-order chi connectivity index (χ1) is 9.13. The van der Waals surface area contributed by atoms with E-state index in [0.717, 1.165) is 12.2 Å². The summed E-state index contributed by atoms with van der Waals surface area (Å²) in [5.41, 5.74) is 10.9. The molecular formula is C17H19NO. The first kappa shape index (κ1) is 12.2. The van der Waals surface area contributed by atoms with Crippen molar-refractivity contribution in [2.75, 3.05) is 0 Å². The summed E-state index contributed by atoms with van der Waals surface area (Å²) in [6.07, 6.45) is 1.29. The van der Waals surface area contributed by atoms with Gasteiger partial charge >= 0.3 is 0 Å². The predicted molar refractivity (Wildman–Crippen MR) is 78.3 cm³/mol. The van der Waals surface area contributed by atoms with Gasteiger partial charge in [0.1, 0.15) is 11.9 Å². The van der Waals surface area contributed by atoms with Crippen LogP contribution in [-0.2, 0) is 6.42 Å². The van der Waals surface area contributed by atoms with Crippen molar-refractivity contribution >= 4 is 0 Å². The highest BCUT2D eigenvalue weighted by atomic mass is 16.5. The number of ether oxygens (including phenoxy) is 1. The van der Waals surface area contributed by atoms with Gasteiger partial charge in [-0.1, -0.05) is 24.3 Å². The lowest BCUT2D eigenvalue weighted by Crippen LogP contribution is -2.05. The molecule has 0 aromatic heterocycles. The van der Waals surface area contributed by atoms with Gasteiger partial charge in [0.05, 0.1) is 0 Å². The summed E-state index contributed by atoms with van der Waals surface area (Å²) in [5, 5.41) is 0. The van der Waals surface area contributed by atoms with Crippen molar-refractivity contribution in [2.45, 2.75) is 32.4 Å². The Kier molecular flexibility index (Phi) is 3.03. The Morgan fingerprint density at radius 3 is 2.74 bits per heavy atom. The van der Waals surface area contributed by atoms with Gasteiger partial charge in [0.2, 0.25) is 0 Å². The molecule has 0 bridgehead atoms. The fraction of sp³-hybridized carbons (Fsp3) is 0.294. The minimum Gasteiger partial charge on any atom is -0.490 e. The Hall–Kier alpha value is -1.80. The van der Waals surface area contributed by atoms with Crippen LogP contribution in [0.15, 0.2) is 42.5 Å². The average Bonchev–Trinajstić information content (AvgIpc) is 2.77. The van der Waals surface area contributed by atoms with E-state index >= 15 is 0 Å². The maximum absolute atomic E-state index is 5.95. The van der Waals surface area contributed by atoms with Crippen molar-refractivity contribution in [3.8, 4) is 16.9 Å². The molecule has 2 nitrogen and oxygen atoms in total. The van der Waals surface area contributed by atoms with Gasteiger partial charge in [0, 0.05) is 12.5 Å². The second kappa shape index (κ2) is 4.71. The quantitative estimate of drug-likeness (QED) is 0.885. The van der Waals surface area contributed by atoms with E-state index in [1.54, 1.807) is 0 Å². The molecule has 1 aliphatic rings. The van der Waals surface area contributed by atoms with E-state index < -0.39 is 0 Å². The molecule has 0 spiro atoms. The number of fused-ring (bicyclic) bond motifs is 1. The summed E-state index contributed by atoms with van der Waals surface area (Å²) < 4.78 is 5.74. The van der Waals surface area contributed by atoms with Crippen LogP contribution >= 0.6 is 0 Å². The van der Waals surface area contributed by atoms with Crippen molar-refractivity contribution < 1.29 is 4.74 Å². The molecule has 1 heterocycles. The van der Waals surface area contributed by atoms with Gasteiger partial charge < -0.3 is 10.5 Å². The summed E-state index contributed by atoms with van der Waals surface area (Å²) in [7, 11) is 0. The van der Waals surface area contributed by atoms with E-state index in [4.69, 9.17) is 10.5 Å². The Bertz CT molecular complexity index is 604. The molecule has 2 aromatic carbocycles. The molecule has 0 saturated heterocycles. The van der Waals surface area contributed by atoms with Gasteiger partial charge in [-0.2, -0.15) is 0 Å². The SMILES string of the molecule is CC1Cc2cc(-c3cccc(C(C)N)c3)ccc2O1. The number of hydrogen-bond acceptors (Lipinski definition) is 2. The zero-order valence-electron chi connectivity index (χ0n) is 11.4. The molecule has 2 atom stereocenters. The summed E-state index contributed by atoms with van der Waals surface area (Å²) >= 11 is 0. The Morgan fingerprint density at radius 1 is 1.16 bits per heavy atom. The van der Waals surface area contributed by atoms with Crippen LogP contribution in [-0.4, -0.2) is 6.10 Å². The zero-order valence-corrected chi connectivity index (χ0v) is 11.4. The fourth-order valence-corrected chi connectivity index (χ4v) is 2.60. The van der Waals surface area contributed by atoms with Crippen molar-refractivity contribution in [1.82, 2.24) is 0 Å². The molecule has 0 amide bonds. The Labute approximate surface area is 114 Å². The van der Waals surface area contributed by atoms with Gasteiger partial charge in [-0.25, -0.2) is 0 Å². The molecular weight excluding hydrogens is 234 g/mol. The number of rotatable bonds is 2. The van der Waals surface area contributed by atoms with Crippen molar-refractivity contribution in [2.24, 2.45) is 5.73 Å². The molecule has 98 valence electrons. The van der Waals surface area contributed by atoms with E-state index in [1.807, 2.05) is 6.92 Å². The highest BCUT2D eigenvalue weighted by Crippen LogP contribution is 2.33. The lowest BCUT2D eigenvalue weighted by Gasteiger charge is -2.09. The average molecular weight is 253 g/mol. The van der Waals surface area contributed by atoms with Crippen LogP contribution in [0.25, 0.3) is 11.1 Å². The molecule has 0 radical (unpaired) electrons. The maximum atomic E-state index is 5.95. The van der Waals surface area contributed by atoms with E-state index in [9.17, 15) is 0 Å². The molecule has 2 heteroatoms. The van der Waals surface area contributed by atoms with Gasteiger partial charge in [0.15, 0.2) is 0 Å². The van der Waals surface area contributed by atoms with E-state index in [-0.39, 0.29) is 6.04 Å². The molecule has 2 unspecified atom stereocenters. The molecule has 0 fully saturated rings. The number of nitrogens with two attached hydrogens (primary N) is 1. The number of benzene rings is 2. The molecule has 2 aromatic rings. The first-order valence-corrected chi connectivity index (χ1v) is 6.79. The van der Waals surface area contributed by atoms with Crippen LogP contribution in [0.4, 0.5) is 0 Å². The summed E-state index contributed by atoms with van der Waals surface area (Å²) in [6, 6.07) is 15.0. The summed E-state index contributed by atoms with van der Waals surface area (Å²) in [4.78, 5) is 0. The standard InChI is InChI=1S/C17H19NO/c1-11-8-16-10-15(6-7-17(16)19-11)14-5-3-4-13(9-14)12(2)18/h3-7,9-12H,8,18H2,1-2H3. The second-order valence-corrected chi connectivity index (χ2v) is 5.37. The molecule has 2 N–H and O–H groups in total. The Balaban J connectivity index is 1.99. The van der Waals surface area contributed by atoms with Crippen LogP contribution in [0.3, 0.4) is 0 Å². The molecule has 3 rings (SSSR count). The van der Waals surface area contributed by atoms with E-state index in [2.05, 4.69) is 49.4 Å². The zero-order chi connectivity index (χ0) is 13.4. The topological polar surface area (TPSA) is 35.2 Å². The minimum absolute atomic E-state index is 0.0673. The molecule has 19 heavy (non-hydrogen) atoms. The van der Waals surface area contributed by atoms with Gasteiger partial charge in [-0.05, 0) is 54.3 Å². The maximum Gasteiger partial charge on any atom is 0.123 e. The molecule has 1 aliphatic heterocycles. The van der Waals surface area contributed by atoms with Crippen LogP contribution in [0.1, 0.15) is 31.0 Å². The third kappa shape index (κ3) is 2.36. The van der Waals surface area contributed by atoms with E-state index in [0.29, 0.717) is 6.10 Å². The fourth-order valence-electron chi connectivity index (χ4n) is 2.60. The van der Waals surface area contributed by atoms with Crippen molar-refractivity contribution in [3.63, 3.8) is 0 Å². The first-order valence-electron chi connectivity index (χ1n) is 6.79. The third-order valence-corrected chi connectivity index (χ3v) is 3.64.